The van der Waals surface area contributed by atoms with Crippen molar-refractivity contribution in [1.82, 2.24) is 15.0 Å². The third kappa shape index (κ3) is 5.20. The molecule has 7 aromatic carbocycles. The van der Waals surface area contributed by atoms with E-state index in [9.17, 15) is 0 Å². The van der Waals surface area contributed by atoms with Gasteiger partial charge in [-0.25, -0.2) is 15.0 Å². The van der Waals surface area contributed by atoms with Gasteiger partial charge in [-0.2, -0.15) is 0 Å². The zero-order chi connectivity index (χ0) is 35.5. The number of nitrogens with zero attached hydrogens (tertiary/aromatic N) is 3. The number of ether oxygens (including phenoxy) is 2. The molecule has 1 aliphatic carbocycles. The van der Waals surface area contributed by atoms with E-state index in [1.807, 2.05) is 54.6 Å². The Morgan fingerprint density at radius 1 is 0.358 bits per heavy atom. The van der Waals surface area contributed by atoms with Crippen molar-refractivity contribution in [1.29, 1.82) is 0 Å². The molecule has 0 fully saturated rings. The van der Waals surface area contributed by atoms with E-state index in [1.54, 1.807) is 0 Å². The highest BCUT2D eigenvalue weighted by molar-refractivity contribution is 5.89. The molecule has 5 heteroatoms. The predicted octanol–water partition coefficient (Wildman–Crippen LogP) is 12.4. The Morgan fingerprint density at radius 3 is 1.51 bits per heavy atom. The highest BCUT2D eigenvalue weighted by Crippen LogP contribution is 2.59. The Labute approximate surface area is 308 Å². The number of para-hydroxylation sites is 1. The fourth-order valence-corrected chi connectivity index (χ4v) is 7.67. The smallest absolute Gasteiger partial charge is 0.178 e. The van der Waals surface area contributed by atoms with Gasteiger partial charge in [0, 0.05) is 33.2 Å². The summed E-state index contributed by atoms with van der Waals surface area (Å²) in [4.78, 5) is 14.9. The molecule has 10 rings (SSSR count). The summed E-state index contributed by atoms with van der Waals surface area (Å²) in [6.45, 7) is 4.54. The van der Waals surface area contributed by atoms with Crippen LogP contribution in [0.5, 0.6) is 23.0 Å². The molecule has 0 saturated heterocycles. The van der Waals surface area contributed by atoms with E-state index in [1.165, 1.54) is 22.3 Å². The van der Waals surface area contributed by atoms with Gasteiger partial charge in [-0.1, -0.05) is 166 Å². The molecule has 252 valence electrons. The summed E-state index contributed by atoms with van der Waals surface area (Å²) >= 11 is 0. The van der Waals surface area contributed by atoms with E-state index in [4.69, 9.17) is 24.4 Å². The number of rotatable bonds is 5. The lowest BCUT2D eigenvalue weighted by molar-refractivity contribution is 0.361. The first-order valence-electron chi connectivity index (χ1n) is 17.9. The number of aromatic nitrogens is 3. The minimum atomic E-state index is -0.138. The molecule has 1 aromatic heterocycles. The van der Waals surface area contributed by atoms with Crippen LogP contribution in [-0.2, 0) is 5.41 Å². The topological polar surface area (TPSA) is 57.1 Å². The van der Waals surface area contributed by atoms with Gasteiger partial charge in [-0.15, -0.1) is 0 Å². The first-order chi connectivity index (χ1) is 26.0. The monoisotopic (exact) mass is 683 g/mol. The van der Waals surface area contributed by atoms with Crippen LogP contribution in [0.2, 0.25) is 0 Å². The van der Waals surface area contributed by atoms with Gasteiger partial charge in [-0.3, -0.25) is 0 Å². The van der Waals surface area contributed by atoms with Crippen molar-refractivity contribution in [3.05, 3.63) is 175 Å². The van der Waals surface area contributed by atoms with Gasteiger partial charge in [0.2, 0.25) is 0 Å². The summed E-state index contributed by atoms with van der Waals surface area (Å²) in [6, 6.07) is 56.0. The van der Waals surface area contributed by atoms with Crippen molar-refractivity contribution in [3.63, 3.8) is 0 Å². The number of fused-ring (bicyclic) bond motifs is 6. The van der Waals surface area contributed by atoms with E-state index in [-0.39, 0.29) is 5.41 Å². The van der Waals surface area contributed by atoms with Crippen LogP contribution >= 0.6 is 0 Å². The van der Waals surface area contributed by atoms with E-state index in [0.717, 1.165) is 50.4 Å². The van der Waals surface area contributed by atoms with Gasteiger partial charge >= 0.3 is 0 Å². The van der Waals surface area contributed by atoms with Gasteiger partial charge < -0.3 is 9.47 Å². The third-order valence-electron chi connectivity index (χ3n) is 10.4. The predicted molar refractivity (Wildman–Crippen MR) is 211 cm³/mol. The van der Waals surface area contributed by atoms with E-state index in [0.29, 0.717) is 29.0 Å². The lowest BCUT2D eigenvalue weighted by Gasteiger charge is -2.26. The molecule has 0 unspecified atom stereocenters. The van der Waals surface area contributed by atoms with Crippen LogP contribution in [-0.4, -0.2) is 15.0 Å². The lowest BCUT2D eigenvalue weighted by atomic mass is 9.82. The van der Waals surface area contributed by atoms with Crippen molar-refractivity contribution >= 4 is 0 Å². The summed E-state index contributed by atoms with van der Waals surface area (Å²) in [5, 5.41) is 0. The van der Waals surface area contributed by atoms with Gasteiger partial charge in [0.05, 0.1) is 0 Å². The minimum Gasteiger partial charge on any atom is -0.449 e. The third-order valence-corrected chi connectivity index (χ3v) is 10.4. The summed E-state index contributed by atoms with van der Waals surface area (Å²) in [5.74, 6) is 4.74. The summed E-state index contributed by atoms with van der Waals surface area (Å²) in [5.41, 5.74) is 11.7. The average molecular weight is 684 g/mol. The molecule has 53 heavy (non-hydrogen) atoms. The maximum absolute atomic E-state index is 6.88. The molecular weight excluding hydrogens is 651 g/mol. The van der Waals surface area contributed by atoms with Crippen LogP contribution < -0.4 is 9.47 Å². The minimum absolute atomic E-state index is 0.138. The molecule has 8 aromatic rings. The maximum atomic E-state index is 6.88. The summed E-state index contributed by atoms with van der Waals surface area (Å²) < 4.78 is 13.4. The van der Waals surface area contributed by atoms with Crippen molar-refractivity contribution in [3.8, 4) is 90.5 Å². The van der Waals surface area contributed by atoms with E-state index < -0.39 is 0 Å². The molecule has 0 saturated carbocycles. The fraction of sp³-hybridized carbons (Fsp3) is 0.0625. The molecule has 0 radical (unpaired) electrons. The summed E-state index contributed by atoms with van der Waals surface area (Å²) in [7, 11) is 0. The second-order valence-corrected chi connectivity index (χ2v) is 14.0. The maximum Gasteiger partial charge on any atom is 0.178 e. The normalized spacial score (nSPS) is 13.2. The Kier molecular flexibility index (Phi) is 7.08. The van der Waals surface area contributed by atoms with Gasteiger partial charge in [0.25, 0.3) is 0 Å². The van der Waals surface area contributed by atoms with Gasteiger partial charge in [-0.05, 0) is 45.5 Å². The Bertz CT molecular complexity index is 2670. The Morgan fingerprint density at radius 2 is 0.849 bits per heavy atom. The zero-order valence-corrected chi connectivity index (χ0v) is 29.2. The van der Waals surface area contributed by atoms with Gasteiger partial charge in [0.1, 0.15) is 0 Å². The number of hydrogen-bond acceptors (Lipinski definition) is 5. The van der Waals surface area contributed by atoms with Crippen LogP contribution in [0.4, 0.5) is 0 Å². The Hall–Kier alpha value is -6.85. The Balaban J connectivity index is 1.02. The molecule has 0 N–H and O–H groups in total. The zero-order valence-electron chi connectivity index (χ0n) is 29.2. The van der Waals surface area contributed by atoms with E-state index in [2.05, 4.69) is 123 Å². The van der Waals surface area contributed by atoms with Crippen molar-refractivity contribution < 1.29 is 9.47 Å². The first kappa shape index (κ1) is 30.9. The number of benzene rings is 7. The molecule has 1 aliphatic heterocycles. The van der Waals surface area contributed by atoms with Crippen LogP contribution in [0.25, 0.3) is 67.5 Å². The molecule has 0 bridgehead atoms. The first-order valence-corrected chi connectivity index (χ1v) is 17.9. The second-order valence-electron chi connectivity index (χ2n) is 14.0. The van der Waals surface area contributed by atoms with Crippen LogP contribution in [0.15, 0.2) is 164 Å². The molecule has 0 amide bonds. The van der Waals surface area contributed by atoms with E-state index >= 15 is 0 Å². The van der Waals surface area contributed by atoms with Crippen molar-refractivity contribution in [2.45, 2.75) is 19.3 Å². The summed E-state index contributed by atoms with van der Waals surface area (Å²) in [6.07, 6.45) is 0. The van der Waals surface area contributed by atoms with Gasteiger partial charge in [0.15, 0.2) is 40.5 Å². The van der Waals surface area contributed by atoms with Crippen molar-refractivity contribution in [2.75, 3.05) is 0 Å². The molecule has 0 atom stereocenters. The van der Waals surface area contributed by atoms with Crippen LogP contribution in [0.1, 0.15) is 25.0 Å². The molecule has 0 spiro atoms. The standard InChI is InChI=1S/C48H33N3O2/c1-48(2)38-18-10-9-16-37(38)42-39(48)28-29-41-44(42)53-43-36(17-11-19-40(43)52-41)32-22-26-35(27-23-32)47-50-45(33-14-7-4-8-15-33)49-46(51-47)34-24-20-31(21-25-34)30-12-5-3-6-13-30/h3-29H,1-2H3. The second kappa shape index (κ2) is 12.1. The average Bonchev–Trinajstić information content (AvgIpc) is 3.46. The highest BCUT2D eigenvalue weighted by atomic mass is 16.6. The molecule has 2 aliphatic rings. The van der Waals surface area contributed by atoms with Crippen LogP contribution in [0.3, 0.4) is 0 Å². The van der Waals surface area contributed by atoms with Crippen molar-refractivity contribution in [2.24, 2.45) is 0 Å². The molecule has 2 heterocycles. The molecule has 5 nitrogen and oxygen atoms in total. The fourth-order valence-electron chi connectivity index (χ4n) is 7.67. The van der Waals surface area contributed by atoms with Crippen LogP contribution in [0, 0.1) is 0 Å². The molecular formula is C48H33N3O2. The SMILES string of the molecule is CC1(C)c2ccccc2-c2c1ccc1c2Oc2c(cccc2-c2ccc(-c3nc(-c4ccccc4)nc(-c4ccc(-c5ccccc5)cc4)n3)cc2)O1. The quantitative estimate of drug-likeness (QED) is 0.181. The highest BCUT2D eigenvalue weighted by Gasteiger charge is 2.39. The number of hydrogen-bond donors (Lipinski definition) is 0. The largest absolute Gasteiger partial charge is 0.449 e. The lowest BCUT2D eigenvalue weighted by Crippen LogP contribution is -2.15.